The van der Waals surface area contributed by atoms with Gasteiger partial charge in [-0.1, -0.05) is 41.4 Å². The van der Waals surface area contributed by atoms with Crippen LogP contribution < -0.4 is 4.74 Å². The van der Waals surface area contributed by atoms with Crippen LogP contribution in [-0.4, -0.2) is 73.6 Å². The van der Waals surface area contributed by atoms with E-state index < -0.39 is 6.10 Å². The van der Waals surface area contributed by atoms with Crippen LogP contribution >= 0.6 is 11.6 Å². The molecule has 2 aromatic carbocycles. The van der Waals surface area contributed by atoms with Crippen LogP contribution in [0.2, 0.25) is 5.02 Å². The molecule has 0 bridgehead atoms. The molecule has 1 fully saturated rings. The fourth-order valence-electron chi connectivity index (χ4n) is 3.49. The van der Waals surface area contributed by atoms with Gasteiger partial charge in [-0.25, -0.2) is 0 Å². The lowest BCUT2D eigenvalue weighted by molar-refractivity contribution is 0.0256. The average Bonchev–Trinajstić information content (AvgIpc) is 2.72. The lowest BCUT2D eigenvalue weighted by Crippen LogP contribution is -2.43. The molecule has 6 heteroatoms. The van der Waals surface area contributed by atoms with Gasteiger partial charge in [0.2, 0.25) is 0 Å². The summed E-state index contributed by atoms with van der Waals surface area (Å²) in [6.07, 6.45) is -0.569. The van der Waals surface area contributed by atoms with E-state index in [0.29, 0.717) is 17.3 Å². The Morgan fingerprint density at radius 2 is 1.93 bits per heavy atom. The van der Waals surface area contributed by atoms with Crippen LogP contribution in [0.15, 0.2) is 48.5 Å². The molecule has 2 aromatic rings. The van der Waals surface area contributed by atoms with Crippen LogP contribution in [0.25, 0.3) is 0 Å². The van der Waals surface area contributed by atoms with Crippen molar-refractivity contribution in [2.24, 2.45) is 0 Å². The van der Waals surface area contributed by atoms with Gasteiger partial charge < -0.3 is 14.6 Å². The van der Waals surface area contributed by atoms with E-state index >= 15 is 0 Å². The number of hydrogen-bond donors (Lipinski definition) is 1. The fourth-order valence-corrected chi connectivity index (χ4v) is 3.61. The van der Waals surface area contributed by atoms with Crippen LogP contribution in [0, 0.1) is 6.92 Å². The normalized spacial score (nSPS) is 16.1. The predicted molar refractivity (Wildman–Crippen MR) is 117 cm³/mol. The summed E-state index contributed by atoms with van der Waals surface area (Å²) < 4.78 is 11.2. The molecular weight excluding hydrogens is 388 g/mol. The summed E-state index contributed by atoms with van der Waals surface area (Å²) in [4.78, 5) is 4.73. The molecule has 3 rings (SSSR count). The van der Waals surface area contributed by atoms with Crippen LogP contribution in [0.4, 0.5) is 0 Å². The van der Waals surface area contributed by atoms with Gasteiger partial charge in [-0.3, -0.25) is 9.80 Å². The molecule has 158 valence electrons. The van der Waals surface area contributed by atoms with Crippen molar-refractivity contribution in [3.8, 4) is 5.75 Å². The zero-order chi connectivity index (χ0) is 20.5. The molecule has 0 spiro atoms. The monoisotopic (exact) mass is 418 g/mol. The van der Waals surface area contributed by atoms with Crippen LogP contribution in [-0.2, 0) is 11.3 Å². The highest BCUT2D eigenvalue weighted by Gasteiger charge is 2.16. The van der Waals surface area contributed by atoms with Gasteiger partial charge in [0.25, 0.3) is 0 Å². The highest BCUT2D eigenvalue weighted by Crippen LogP contribution is 2.16. The first kappa shape index (κ1) is 22.1. The van der Waals surface area contributed by atoms with Gasteiger partial charge in [0.1, 0.15) is 18.5 Å². The first-order chi connectivity index (χ1) is 14.1. The molecule has 1 aliphatic heterocycles. The minimum absolute atomic E-state index is 0.253. The zero-order valence-electron chi connectivity index (χ0n) is 17.1. The van der Waals surface area contributed by atoms with E-state index in [1.165, 1.54) is 11.1 Å². The van der Waals surface area contributed by atoms with Crippen LogP contribution in [0.1, 0.15) is 11.1 Å². The molecule has 1 atom stereocenters. The minimum Gasteiger partial charge on any atom is -0.491 e. The van der Waals surface area contributed by atoms with Crippen LogP contribution in [0.5, 0.6) is 5.75 Å². The van der Waals surface area contributed by atoms with Gasteiger partial charge in [0.05, 0.1) is 13.2 Å². The molecule has 0 radical (unpaired) electrons. The standard InChI is InChI=1S/C23H31ClN2O3/c1-19-3-2-4-20(15-19)16-26(10-9-25-11-13-28-14-12-25)17-22(27)18-29-23-7-5-21(24)6-8-23/h2-8,15,22,27H,9-14,16-18H2,1H3/t22-/m1/s1. The third-order valence-corrected chi connectivity index (χ3v) is 5.30. The number of hydrogen-bond acceptors (Lipinski definition) is 5. The van der Waals surface area contributed by atoms with Crippen molar-refractivity contribution in [3.05, 3.63) is 64.7 Å². The molecule has 0 aliphatic carbocycles. The summed E-state index contributed by atoms with van der Waals surface area (Å²) in [6, 6.07) is 15.8. The first-order valence-electron chi connectivity index (χ1n) is 10.2. The number of aliphatic hydroxyl groups excluding tert-OH is 1. The van der Waals surface area contributed by atoms with E-state index in [9.17, 15) is 5.11 Å². The summed E-state index contributed by atoms with van der Waals surface area (Å²) >= 11 is 5.91. The maximum Gasteiger partial charge on any atom is 0.119 e. The van der Waals surface area contributed by atoms with Gasteiger partial charge in [0.15, 0.2) is 0 Å². The van der Waals surface area contributed by atoms with E-state index in [2.05, 4.69) is 41.0 Å². The number of ether oxygens (including phenoxy) is 2. The quantitative estimate of drug-likeness (QED) is 0.641. The second-order valence-electron chi connectivity index (χ2n) is 7.60. The molecule has 1 saturated heterocycles. The number of halogens is 1. The summed E-state index contributed by atoms with van der Waals surface area (Å²) in [5.41, 5.74) is 2.51. The van der Waals surface area contributed by atoms with Gasteiger partial charge >= 0.3 is 0 Å². The van der Waals surface area contributed by atoms with Crippen molar-refractivity contribution >= 4 is 11.6 Å². The number of aliphatic hydroxyl groups is 1. The second kappa shape index (κ2) is 11.5. The van der Waals surface area contributed by atoms with Crippen LogP contribution in [0.3, 0.4) is 0 Å². The Labute approximate surface area is 178 Å². The van der Waals surface area contributed by atoms with Crippen molar-refractivity contribution in [1.82, 2.24) is 9.80 Å². The third-order valence-electron chi connectivity index (χ3n) is 5.05. The summed E-state index contributed by atoms with van der Waals surface area (Å²) in [5, 5.41) is 11.3. The number of rotatable bonds is 10. The topological polar surface area (TPSA) is 45.2 Å². The van der Waals surface area contributed by atoms with E-state index in [0.717, 1.165) is 45.9 Å². The molecule has 5 nitrogen and oxygen atoms in total. The number of benzene rings is 2. The van der Waals surface area contributed by atoms with Crippen molar-refractivity contribution in [2.45, 2.75) is 19.6 Å². The van der Waals surface area contributed by atoms with E-state index in [1.54, 1.807) is 12.1 Å². The van der Waals surface area contributed by atoms with Gasteiger partial charge in [-0.2, -0.15) is 0 Å². The number of aryl methyl sites for hydroxylation is 1. The molecule has 0 aromatic heterocycles. The number of morpholine rings is 1. The lowest BCUT2D eigenvalue weighted by Gasteiger charge is -2.31. The maximum absolute atomic E-state index is 10.6. The largest absolute Gasteiger partial charge is 0.491 e. The Bertz CT molecular complexity index is 735. The summed E-state index contributed by atoms with van der Waals surface area (Å²) in [6.45, 7) is 9.15. The Morgan fingerprint density at radius 1 is 1.17 bits per heavy atom. The molecule has 1 heterocycles. The van der Waals surface area contributed by atoms with E-state index in [4.69, 9.17) is 21.1 Å². The van der Waals surface area contributed by atoms with Gasteiger partial charge in [-0.05, 0) is 36.8 Å². The molecule has 1 N–H and O–H groups in total. The van der Waals surface area contributed by atoms with Gasteiger partial charge in [0, 0.05) is 44.3 Å². The maximum atomic E-state index is 10.6. The lowest BCUT2D eigenvalue weighted by atomic mass is 10.1. The molecular formula is C23H31ClN2O3. The first-order valence-corrected chi connectivity index (χ1v) is 10.6. The molecule has 1 aliphatic rings. The molecule has 0 unspecified atom stereocenters. The van der Waals surface area contributed by atoms with Crippen molar-refractivity contribution in [2.75, 3.05) is 52.5 Å². The zero-order valence-corrected chi connectivity index (χ0v) is 17.9. The van der Waals surface area contributed by atoms with Crippen molar-refractivity contribution in [3.63, 3.8) is 0 Å². The highest BCUT2D eigenvalue weighted by atomic mass is 35.5. The third kappa shape index (κ3) is 7.96. The summed E-state index contributed by atoms with van der Waals surface area (Å²) in [5.74, 6) is 0.715. The smallest absolute Gasteiger partial charge is 0.119 e. The number of nitrogens with zero attached hydrogens (tertiary/aromatic N) is 2. The Balaban J connectivity index is 1.54. The Kier molecular flexibility index (Phi) is 8.77. The highest BCUT2D eigenvalue weighted by molar-refractivity contribution is 6.30. The second-order valence-corrected chi connectivity index (χ2v) is 8.03. The minimum atomic E-state index is -0.569. The SMILES string of the molecule is Cc1cccc(CN(CCN2CCOCC2)C[C@@H](O)COc2ccc(Cl)cc2)c1. The fraction of sp³-hybridized carbons (Fsp3) is 0.478. The molecule has 29 heavy (non-hydrogen) atoms. The van der Waals surface area contributed by atoms with Crippen molar-refractivity contribution < 1.29 is 14.6 Å². The Morgan fingerprint density at radius 3 is 2.66 bits per heavy atom. The Hall–Kier alpha value is -1.63. The predicted octanol–water partition coefficient (Wildman–Crippen LogP) is 3.22. The molecule has 0 saturated carbocycles. The molecule has 0 amide bonds. The van der Waals surface area contributed by atoms with Crippen molar-refractivity contribution in [1.29, 1.82) is 0 Å². The van der Waals surface area contributed by atoms with E-state index in [-0.39, 0.29) is 6.61 Å². The van der Waals surface area contributed by atoms with Gasteiger partial charge in [-0.15, -0.1) is 0 Å². The van der Waals surface area contributed by atoms with E-state index in [1.807, 2.05) is 12.1 Å². The average molecular weight is 419 g/mol. The summed E-state index contributed by atoms with van der Waals surface area (Å²) in [7, 11) is 0.